The molecule has 226 valence electrons. The van der Waals surface area contributed by atoms with E-state index in [0.29, 0.717) is 5.92 Å². The highest BCUT2D eigenvalue weighted by atomic mass is 15.1. The summed E-state index contributed by atoms with van der Waals surface area (Å²) in [4.78, 5) is 5.10. The number of aryl methyl sites for hydroxylation is 1. The van der Waals surface area contributed by atoms with Gasteiger partial charge in [0, 0.05) is 30.3 Å². The van der Waals surface area contributed by atoms with Gasteiger partial charge >= 0.3 is 0 Å². The molecule has 0 N–H and O–H groups in total. The fraction of sp³-hybridized carbons (Fsp3) is 0.615. The molecule has 0 aliphatic rings. The van der Waals surface area contributed by atoms with Gasteiger partial charge in [-0.05, 0) is 30.4 Å². The van der Waals surface area contributed by atoms with E-state index in [1.165, 1.54) is 126 Å². The first-order valence-electron chi connectivity index (χ1n) is 17.3. The van der Waals surface area contributed by atoms with Crippen molar-refractivity contribution in [3.8, 4) is 0 Å². The number of rotatable bonds is 23. The number of aromatic nitrogens is 2. The number of unbranched alkanes of at least 4 members (excludes halogenated alkanes) is 14. The highest BCUT2D eigenvalue weighted by molar-refractivity contribution is 5.33. The predicted molar refractivity (Wildman–Crippen MR) is 179 cm³/mol. The number of benzene rings is 2. The summed E-state index contributed by atoms with van der Waals surface area (Å²) >= 11 is 0. The van der Waals surface area contributed by atoms with E-state index < -0.39 is 0 Å². The molecule has 2 nitrogen and oxygen atoms in total. The van der Waals surface area contributed by atoms with Gasteiger partial charge in [0.1, 0.15) is 5.82 Å². The van der Waals surface area contributed by atoms with Crippen molar-refractivity contribution in [3.63, 3.8) is 0 Å². The van der Waals surface area contributed by atoms with Crippen LogP contribution in [0.5, 0.6) is 0 Å². The normalized spacial score (nSPS) is 13.7. The van der Waals surface area contributed by atoms with Crippen molar-refractivity contribution in [2.75, 3.05) is 0 Å². The molecule has 0 saturated carbocycles. The lowest BCUT2D eigenvalue weighted by molar-refractivity contribution is 0.321. The minimum Gasteiger partial charge on any atom is -0.335 e. The van der Waals surface area contributed by atoms with Crippen LogP contribution in [-0.4, -0.2) is 9.55 Å². The lowest BCUT2D eigenvalue weighted by atomic mass is 9.66. The standard InChI is InChI=1S/C39H60N2/c1-4-6-8-10-11-12-13-14-15-16-24-30-37(38-40-31-33-41(38)32-25-17-9-7-5-2)39(3,36-28-22-19-23-29-36)34-35-26-20-18-21-27-35/h18-23,26-29,31,33,37H,4-17,24-25,30,32,34H2,1-3H3. The van der Waals surface area contributed by atoms with Gasteiger partial charge in [-0.2, -0.15) is 0 Å². The van der Waals surface area contributed by atoms with E-state index in [4.69, 9.17) is 4.98 Å². The zero-order valence-electron chi connectivity index (χ0n) is 26.8. The fourth-order valence-electron chi connectivity index (χ4n) is 6.72. The van der Waals surface area contributed by atoms with Crippen molar-refractivity contribution < 1.29 is 0 Å². The van der Waals surface area contributed by atoms with Crippen LogP contribution in [0.4, 0.5) is 0 Å². The highest BCUT2D eigenvalue weighted by Crippen LogP contribution is 2.44. The Labute approximate surface area is 253 Å². The summed E-state index contributed by atoms with van der Waals surface area (Å²) < 4.78 is 2.50. The Kier molecular flexibility index (Phi) is 15.9. The second-order valence-electron chi connectivity index (χ2n) is 12.7. The third-order valence-electron chi connectivity index (χ3n) is 9.27. The first-order chi connectivity index (χ1) is 20.2. The Morgan fingerprint density at radius 1 is 0.634 bits per heavy atom. The van der Waals surface area contributed by atoms with Gasteiger partial charge in [0.15, 0.2) is 0 Å². The van der Waals surface area contributed by atoms with E-state index in [1.54, 1.807) is 0 Å². The lowest BCUT2D eigenvalue weighted by Crippen LogP contribution is -2.35. The monoisotopic (exact) mass is 556 g/mol. The van der Waals surface area contributed by atoms with Gasteiger partial charge in [-0.1, -0.05) is 178 Å². The van der Waals surface area contributed by atoms with Crippen LogP contribution in [0.25, 0.3) is 0 Å². The molecule has 0 radical (unpaired) electrons. The minimum atomic E-state index is -0.0214. The third-order valence-corrected chi connectivity index (χ3v) is 9.27. The van der Waals surface area contributed by atoms with E-state index in [1.807, 2.05) is 0 Å². The molecule has 2 unspecified atom stereocenters. The van der Waals surface area contributed by atoms with Crippen LogP contribution >= 0.6 is 0 Å². The summed E-state index contributed by atoms with van der Waals surface area (Å²) in [5.74, 6) is 1.68. The van der Waals surface area contributed by atoms with Crippen molar-refractivity contribution in [2.45, 2.75) is 154 Å². The third kappa shape index (κ3) is 11.4. The summed E-state index contributed by atoms with van der Waals surface area (Å²) in [6.45, 7) is 8.20. The van der Waals surface area contributed by atoms with Crippen molar-refractivity contribution in [1.82, 2.24) is 9.55 Å². The summed E-state index contributed by atoms with van der Waals surface area (Å²) in [5.41, 5.74) is 2.83. The Hall–Kier alpha value is -2.35. The van der Waals surface area contributed by atoms with Crippen LogP contribution in [-0.2, 0) is 18.4 Å². The number of imidazole rings is 1. The second-order valence-corrected chi connectivity index (χ2v) is 12.7. The van der Waals surface area contributed by atoms with Crippen LogP contribution in [0.15, 0.2) is 73.1 Å². The van der Waals surface area contributed by atoms with E-state index >= 15 is 0 Å². The van der Waals surface area contributed by atoms with Crippen molar-refractivity contribution >= 4 is 0 Å². The van der Waals surface area contributed by atoms with Crippen molar-refractivity contribution in [2.24, 2.45) is 0 Å². The van der Waals surface area contributed by atoms with Gasteiger partial charge in [-0.25, -0.2) is 4.98 Å². The smallest absolute Gasteiger partial charge is 0.112 e. The molecular formula is C39H60N2. The topological polar surface area (TPSA) is 17.8 Å². The molecular weight excluding hydrogens is 496 g/mol. The largest absolute Gasteiger partial charge is 0.335 e. The zero-order chi connectivity index (χ0) is 29.0. The van der Waals surface area contributed by atoms with E-state index in [2.05, 4.69) is 98.4 Å². The molecule has 0 spiro atoms. The molecule has 0 bridgehead atoms. The average molecular weight is 557 g/mol. The van der Waals surface area contributed by atoms with Crippen LogP contribution in [0.3, 0.4) is 0 Å². The van der Waals surface area contributed by atoms with Gasteiger partial charge < -0.3 is 4.57 Å². The molecule has 1 aromatic heterocycles. The quantitative estimate of drug-likeness (QED) is 0.106. The lowest BCUT2D eigenvalue weighted by Gasteiger charge is -2.39. The maximum Gasteiger partial charge on any atom is 0.112 e. The zero-order valence-corrected chi connectivity index (χ0v) is 26.8. The Balaban J connectivity index is 1.72. The first kappa shape index (κ1) is 33.2. The van der Waals surface area contributed by atoms with Crippen molar-refractivity contribution in [3.05, 3.63) is 90.0 Å². The second kappa shape index (κ2) is 19.7. The molecule has 0 aliphatic heterocycles. The summed E-state index contributed by atoms with van der Waals surface area (Å²) in [5, 5.41) is 0. The summed E-state index contributed by atoms with van der Waals surface area (Å²) in [6, 6.07) is 22.4. The number of hydrogen-bond acceptors (Lipinski definition) is 1. The maximum absolute atomic E-state index is 5.10. The molecule has 41 heavy (non-hydrogen) atoms. The molecule has 3 rings (SSSR count). The molecule has 3 aromatic rings. The Morgan fingerprint density at radius 3 is 1.73 bits per heavy atom. The SMILES string of the molecule is CCCCCCCCCCCCCC(c1nccn1CCCCCCC)C(C)(Cc1ccccc1)c1ccccc1. The highest BCUT2D eigenvalue weighted by Gasteiger charge is 2.39. The van der Waals surface area contributed by atoms with Crippen LogP contribution in [0.2, 0.25) is 0 Å². The molecule has 2 aromatic carbocycles. The summed E-state index contributed by atoms with van der Waals surface area (Å²) in [7, 11) is 0. The molecule has 2 atom stereocenters. The van der Waals surface area contributed by atoms with Gasteiger partial charge in [0.2, 0.25) is 0 Å². The molecule has 1 heterocycles. The van der Waals surface area contributed by atoms with E-state index in [9.17, 15) is 0 Å². The number of hydrogen-bond donors (Lipinski definition) is 0. The number of nitrogens with zero attached hydrogens (tertiary/aromatic N) is 2. The van der Waals surface area contributed by atoms with Gasteiger partial charge in [-0.3, -0.25) is 0 Å². The van der Waals surface area contributed by atoms with Crippen LogP contribution < -0.4 is 0 Å². The molecule has 2 heteroatoms. The Morgan fingerprint density at radius 2 is 1.15 bits per heavy atom. The average Bonchev–Trinajstić information content (AvgIpc) is 3.46. The molecule has 0 saturated heterocycles. The predicted octanol–water partition coefficient (Wildman–Crippen LogP) is 11.8. The Bertz CT molecular complexity index is 1020. The van der Waals surface area contributed by atoms with Gasteiger partial charge in [0.25, 0.3) is 0 Å². The maximum atomic E-state index is 5.10. The minimum absolute atomic E-state index is 0.0214. The molecule has 0 aliphatic carbocycles. The molecule has 0 fully saturated rings. The fourth-order valence-corrected chi connectivity index (χ4v) is 6.72. The van der Waals surface area contributed by atoms with Crippen LogP contribution in [0, 0.1) is 0 Å². The summed E-state index contributed by atoms with van der Waals surface area (Å²) in [6.07, 6.45) is 28.3. The van der Waals surface area contributed by atoms with Crippen molar-refractivity contribution in [1.29, 1.82) is 0 Å². The molecule has 0 amide bonds. The first-order valence-corrected chi connectivity index (χ1v) is 17.3. The van der Waals surface area contributed by atoms with Gasteiger partial charge in [0.05, 0.1) is 0 Å². The van der Waals surface area contributed by atoms with E-state index in [-0.39, 0.29) is 5.41 Å². The van der Waals surface area contributed by atoms with Crippen LogP contribution in [0.1, 0.15) is 153 Å². The van der Waals surface area contributed by atoms with Gasteiger partial charge in [-0.15, -0.1) is 0 Å². The van der Waals surface area contributed by atoms with E-state index in [0.717, 1.165) is 13.0 Å².